The monoisotopic (exact) mass is 264 g/mol. The lowest BCUT2D eigenvalue weighted by atomic mass is 10.1. The number of hydrogen-bond acceptors (Lipinski definition) is 2. The first kappa shape index (κ1) is 14.4. The van der Waals surface area contributed by atoms with E-state index in [1.807, 2.05) is 0 Å². The average molecular weight is 264 g/mol. The Hall–Kier alpha value is -1.65. The van der Waals surface area contributed by atoms with E-state index in [1.54, 1.807) is 0 Å². The predicted octanol–water partition coefficient (Wildman–Crippen LogP) is 2.78. The van der Waals surface area contributed by atoms with Gasteiger partial charge in [0.25, 0.3) is 10.1 Å². The fourth-order valence-corrected chi connectivity index (χ4v) is 1.43. The molecule has 0 spiro atoms. The number of rotatable bonds is 2. The molecule has 0 aliphatic rings. The van der Waals surface area contributed by atoms with E-state index in [-0.39, 0.29) is 0 Å². The largest absolute Gasteiger partial charge is 0.286 e. The molecule has 18 heavy (non-hydrogen) atoms. The van der Waals surface area contributed by atoms with Gasteiger partial charge in [0, 0.05) is 0 Å². The van der Waals surface area contributed by atoms with Crippen molar-refractivity contribution in [3.63, 3.8) is 0 Å². The van der Waals surface area contributed by atoms with Gasteiger partial charge in [-0.05, 0) is 17.5 Å². The van der Waals surface area contributed by atoms with Crippen molar-refractivity contribution < 1.29 is 13.0 Å². The molecule has 96 valence electrons. The fourth-order valence-electron chi connectivity index (χ4n) is 1.43. The Kier molecular flexibility index (Phi) is 5.55. The van der Waals surface area contributed by atoms with E-state index in [1.165, 1.54) is 11.1 Å². The van der Waals surface area contributed by atoms with Crippen molar-refractivity contribution >= 4 is 10.1 Å². The van der Waals surface area contributed by atoms with Crippen LogP contribution in [0.1, 0.15) is 11.1 Å². The summed E-state index contributed by atoms with van der Waals surface area (Å²) in [5.74, 6) is 0. The third kappa shape index (κ3) is 7.60. The maximum Gasteiger partial charge on any atom is 0.261 e. The molecule has 0 heterocycles. The van der Waals surface area contributed by atoms with Crippen LogP contribution in [0.2, 0.25) is 0 Å². The molecule has 0 unspecified atom stereocenters. The second kappa shape index (κ2) is 6.93. The first-order valence-electron chi connectivity index (χ1n) is 5.45. The maximum absolute atomic E-state index is 9.19. The summed E-state index contributed by atoms with van der Waals surface area (Å²) in [5, 5.41) is 0. The predicted molar refractivity (Wildman–Crippen MR) is 73.2 cm³/mol. The molecule has 2 rings (SSSR count). The molecule has 0 saturated heterocycles. The zero-order chi connectivity index (χ0) is 13.4. The van der Waals surface area contributed by atoms with E-state index in [9.17, 15) is 8.42 Å². The van der Waals surface area contributed by atoms with E-state index >= 15 is 0 Å². The van der Waals surface area contributed by atoms with Gasteiger partial charge in [0.2, 0.25) is 0 Å². The molecule has 0 bridgehead atoms. The summed E-state index contributed by atoms with van der Waals surface area (Å²) in [6.45, 7) is 0. The van der Waals surface area contributed by atoms with Crippen molar-refractivity contribution in [1.82, 2.24) is 0 Å². The molecule has 2 aromatic carbocycles. The van der Waals surface area contributed by atoms with Gasteiger partial charge in [-0.3, -0.25) is 4.55 Å². The lowest BCUT2D eigenvalue weighted by Gasteiger charge is -2.00. The van der Waals surface area contributed by atoms with Crippen LogP contribution in [-0.4, -0.2) is 19.2 Å². The quantitative estimate of drug-likeness (QED) is 0.849. The Morgan fingerprint density at radius 2 is 1.11 bits per heavy atom. The van der Waals surface area contributed by atoms with Gasteiger partial charge in [-0.15, -0.1) is 0 Å². The highest BCUT2D eigenvalue weighted by atomic mass is 32.2. The lowest BCUT2D eigenvalue weighted by molar-refractivity contribution is 0.490. The lowest BCUT2D eigenvalue weighted by Crippen LogP contribution is -1.88. The van der Waals surface area contributed by atoms with Crippen LogP contribution in [-0.2, 0) is 16.5 Å². The third-order valence-corrected chi connectivity index (χ3v) is 2.09. The molecular weight excluding hydrogens is 248 g/mol. The van der Waals surface area contributed by atoms with Crippen LogP contribution < -0.4 is 0 Å². The van der Waals surface area contributed by atoms with Crippen LogP contribution in [0.5, 0.6) is 0 Å². The van der Waals surface area contributed by atoms with Crippen LogP contribution in [0.3, 0.4) is 0 Å². The Morgan fingerprint density at radius 3 is 1.39 bits per heavy atom. The molecule has 0 aliphatic carbocycles. The first-order valence-corrected chi connectivity index (χ1v) is 7.30. The molecule has 3 nitrogen and oxygen atoms in total. The Labute approximate surface area is 108 Å². The maximum atomic E-state index is 9.19. The molecule has 0 radical (unpaired) electrons. The van der Waals surface area contributed by atoms with E-state index in [4.69, 9.17) is 4.55 Å². The van der Waals surface area contributed by atoms with Gasteiger partial charge in [-0.25, -0.2) is 0 Å². The van der Waals surface area contributed by atoms with Crippen molar-refractivity contribution in [3.05, 3.63) is 71.8 Å². The molecule has 1 N–H and O–H groups in total. The highest BCUT2D eigenvalue weighted by Gasteiger charge is 1.92. The van der Waals surface area contributed by atoms with Crippen LogP contribution in [0.4, 0.5) is 0 Å². The minimum atomic E-state index is -3.67. The minimum absolute atomic E-state index is 0.715. The highest BCUT2D eigenvalue weighted by molar-refractivity contribution is 7.85. The summed E-state index contributed by atoms with van der Waals surface area (Å²) >= 11 is 0. The zero-order valence-corrected chi connectivity index (χ0v) is 11.0. The van der Waals surface area contributed by atoms with Crippen LogP contribution in [0, 0.1) is 0 Å². The van der Waals surface area contributed by atoms with Crippen molar-refractivity contribution in [2.75, 3.05) is 6.26 Å². The summed E-state index contributed by atoms with van der Waals surface area (Å²) in [4.78, 5) is 0. The van der Waals surface area contributed by atoms with Gasteiger partial charge in [0.15, 0.2) is 0 Å². The summed E-state index contributed by atoms with van der Waals surface area (Å²) in [7, 11) is -3.67. The number of hydrogen-bond donors (Lipinski definition) is 1. The van der Waals surface area contributed by atoms with Gasteiger partial charge in [0.1, 0.15) is 0 Å². The SMILES string of the molecule is CS(=O)(=O)O.c1ccc(Cc2ccccc2)cc1. The van der Waals surface area contributed by atoms with E-state index < -0.39 is 10.1 Å². The molecule has 0 fully saturated rings. The summed E-state index contributed by atoms with van der Waals surface area (Å²) < 4.78 is 25.9. The van der Waals surface area contributed by atoms with Gasteiger partial charge in [0.05, 0.1) is 6.26 Å². The number of benzene rings is 2. The van der Waals surface area contributed by atoms with Gasteiger partial charge < -0.3 is 0 Å². The Morgan fingerprint density at radius 1 is 0.833 bits per heavy atom. The third-order valence-electron chi connectivity index (χ3n) is 2.09. The standard InChI is InChI=1S/C13H12.CH4O3S/c1-3-7-12(8-4-1)11-13-9-5-2-6-10-13;1-5(2,3)4/h1-10H,11H2;1H3,(H,2,3,4). The van der Waals surface area contributed by atoms with E-state index in [0.717, 1.165) is 6.42 Å². The minimum Gasteiger partial charge on any atom is -0.286 e. The fraction of sp³-hybridized carbons (Fsp3) is 0.143. The van der Waals surface area contributed by atoms with Crippen molar-refractivity contribution in [2.24, 2.45) is 0 Å². The topological polar surface area (TPSA) is 54.4 Å². The molecule has 2 aromatic rings. The smallest absolute Gasteiger partial charge is 0.261 e. The Balaban J connectivity index is 0.000000280. The van der Waals surface area contributed by atoms with Crippen LogP contribution >= 0.6 is 0 Å². The first-order chi connectivity index (χ1) is 8.45. The second-order valence-electron chi connectivity index (χ2n) is 3.88. The summed E-state index contributed by atoms with van der Waals surface area (Å²) in [5.41, 5.74) is 2.74. The van der Waals surface area contributed by atoms with Crippen molar-refractivity contribution in [1.29, 1.82) is 0 Å². The van der Waals surface area contributed by atoms with E-state index in [0.29, 0.717) is 6.26 Å². The van der Waals surface area contributed by atoms with Gasteiger partial charge >= 0.3 is 0 Å². The van der Waals surface area contributed by atoms with Crippen molar-refractivity contribution in [3.8, 4) is 0 Å². The zero-order valence-electron chi connectivity index (χ0n) is 10.2. The summed E-state index contributed by atoms with van der Waals surface area (Å²) in [6, 6.07) is 21.1. The van der Waals surface area contributed by atoms with Gasteiger partial charge in [-0.1, -0.05) is 60.7 Å². The van der Waals surface area contributed by atoms with Crippen LogP contribution in [0.25, 0.3) is 0 Å². The highest BCUT2D eigenvalue weighted by Crippen LogP contribution is 2.07. The molecule has 0 aromatic heterocycles. The second-order valence-corrected chi connectivity index (χ2v) is 5.35. The molecule has 0 amide bonds. The van der Waals surface area contributed by atoms with Crippen molar-refractivity contribution in [2.45, 2.75) is 6.42 Å². The normalized spacial score (nSPS) is 10.3. The van der Waals surface area contributed by atoms with Gasteiger partial charge in [-0.2, -0.15) is 8.42 Å². The molecule has 0 atom stereocenters. The molecule has 0 aliphatic heterocycles. The van der Waals surface area contributed by atoms with Crippen LogP contribution in [0.15, 0.2) is 60.7 Å². The Bertz CT molecular complexity index is 503. The average Bonchev–Trinajstić information content (AvgIpc) is 2.29. The molecule has 4 heteroatoms. The molecular formula is C14H16O3S. The van der Waals surface area contributed by atoms with E-state index in [2.05, 4.69) is 60.7 Å². The summed E-state index contributed by atoms with van der Waals surface area (Å²) in [6.07, 6.45) is 1.74. The molecule has 0 saturated carbocycles.